The number of ether oxygens (including phenoxy) is 3. The highest BCUT2D eigenvalue weighted by Gasteiger charge is 2.31. The first kappa shape index (κ1) is 51.8. The van der Waals surface area contributed by atoms with Gasteiger partial charge in [-0.05, 0) is 32.1 Å². The lowest BCUT2D eigenvalue weighted by Crippen LogP contribution is -2.50. The second kappa shape index (κ2) is 37.7. The first-order valence-electron chi connectivity index (χ1n) is 22.4. The van der Waals surface area contributed by atoms with E-state index in [1.807, 2.05) is 21.1 Å². The number of hydrogen-bond donors (Lipinski definition) is 1. The lowest BCUT2D eigenvalue weighted by Gasteiger charge is -2.31. The zero-order valence-corrected chi connectivity index (χ0v) is 35.9. The van der Waals surface area contributed by atoms with Gasteiger partial charge >= 0.3 is 17.9 Å². The topological polar surface area (TPSA) is 99.1 Å². The number of carbonyl (C=O) groups excluding carboxylic acids is 2. The number of allylic oxidation sites excluding steroid dienone is 4. The fourth-order valence-corrected chi connectivity index (χ4v) is 6.60. The Bertz CT molecular complexity index is 942. The van der Waals surface area contributed by atoms with E-state index in [1.54, 1.807) is 0 Å². The van der Waals surface area contributed by atoms with Gasteiger partial charge in [0.05, 0.1) is 34.4 Å². The Morgan fingerprint density at radius 2 is 0.981 bits per heavy atom. The lowest BCUT2D eigenvalue weighted by atomic mass is 10.0. The molecule has 0 heterocycles. The van der Waals surface area contributed by atoms with Crippen molar-refractivity contribution in [3.63, 3.8) is 0 Å². The zero-order chi connectivity index (χ0) is 40.0. The normalized spacial score (nSPS) is 13.1. The van der Waals surface area contributed by atoms with Crippen molar-refractivity contribution < 1.29 is 38.2 Å². The SMILES string of the molecule is CCCC/C=C/C=C/CCCCCC(=O)OC(COCCC(C(=O)O)[N+](C)(C)C)COC(=O)CCCCCCCCCCCCCCCCCCCCC. The molecule has 8 nitrogen and oxygen atoms in total. The summed E-state index contributed by atoms with van der Waals surface area (Å²) in [5.41, 5.74) is 0. The molecule has 0 aromatic rings. The van der Waals surface area contributed by atoms with Crippen LogP contribution in [-0.2, 0) is 28.6 Å². The van der Waals surface area contributed by atoms with Crippen LogP contribution in [0.5, 0.6) is 0 Å². The number of quaternary nitrogens is 1. The van der Waals surface area contributed by atoms with Gasteiger partial charge in [0.25, 0.3) is 0 Å². The molecule has 54 heavy (non-hydrogen) atoms. The average Bonchev–Trinajstić information content (AvgIpc) is 3.12. The summed E-state index contributed by atoms with van der Waals surface area (Å²) in [5, 5.41) is 9.60. The maximum absolute atomic E-state index is 12.7. The van der Waals surface area contributed by atoms with Crippen molar-refractivity contribution in [3.8, 4) is 0 Å². The van der Waals surface area contributed by atoms with E-state index < -0.39 is 18.1 Å². The van der Waals surface area contributed by atoms with E-state index in [0.717, 1.165) is 51.4 Å². The molecule has 0 fully saturated rings. The summed E-state index contributed by atoms with van der Waals surface area (Å²) in [6.45, 7) is 4.67. The average molecular weight is 765 g/mol. The molecule has 0 aromatic heterocycles. The molecule has 0 spiro atoms. The van der Waals surface area contributed by atoms with Gasteiger partial charge in [-0.2, -0.15) is 0 Å². The van der Waals surface area contributed by atoms with Crippen LogP contribution < -0.4 is 0 Å². The molecule has 0 saturated carbocycles. The molecule has 0 saturated heterocycles. The van der Waals surface area contributed by atoms with Gasteiger partial charge in [0.1, 0.15) is 6.61 Å². The Morgan fingerprint density at radius 1 is 0.556 bits per heavy atom. The number of unbranched alkanes of at least 4 members (excludes halogenated alkanes) is 23. The molecule has 0 radical (unpaired) electrons. The van der Waals surface area contributed by atoms with Gasteiger partial charge in [-0.25, -0.2) is 4.79 Å². The van der Waals surface area contributed by atoms with E-state index in [9.17, 15) is 19.5 Å². The van der Waals surface area contributed by atoms with Crippen molar-refractivity contribution in [1.29, 1.82) is 0 Å². The second-order valence-corrected chi connectivity index (χ2v) is 16.3. The molecule has 1 N–H and O–H groups in total. The third-order valence-corrected chi connectivity index (χ3v) is 10.1. The van der Waals surface area contributed by atoms with Gasteiger partial charge in [0, 0.05) is 19.3 Å². The number of nitrogens with zero attached hydrogens (tertiary/aromatic N) is 1. The van der Waals surface area contributed by atoms with E-state index in [0.29, 0.717) is 19.3 Å². The van der Waals surface area contributed by atoms with Gasteiger partial charge in [0.15, 0.2) is 12.1 Å². The van der Waals surface area contributed by atoms with Crippen LogP contribution in [-0.4, -0.2) is 80.6 Å². The lowest BCUT2D eigenvalue weighted by molar-refractivity contribution is -0.887. The van der Waals surface area contributed by atoms with Gasteiger partial charge in [0.2, 0.25) is 0 Å². The summed E-state index contributed by atoms with van der Waals surface area (Å²) >= 11 is 0. The Hall–Kier alpha value is -2.19. The van der Waals surface area contributed by atoms with Crippen molar-refractivity contribution in [2.45, 2.75) is 212 Å². The van der Waals surface area contributed by atoms with Crippen LogP contribution >= 0.6 is 0 Å². The molecule has 0 aliphatic carbocycles. The van der Waals surface area contributed by atoms with E-state index in [2.05, 4.69) is 38.2 Å². The molecule has 0 rings (SSSR count). The van der Waals surface area contributed by atoms with Crippen molar-refractivity contribution >= 4 is 17.9 Å². The van der Waals surface area contributed by atoms with Crippen LogP contribution in [0.2, 0.25) is 0 Å². The molecule has 8 heteroatoms. The fraction of sp³-hybridized carbons (Fsp3) is 0.848. The van der Waals surface area contributed by atoms with Gasteiger partial charge in [-0.3, -0.25) is 9.59 Å². The van der Waals surface area contributed by atoms with E-state index in [1.165, 1.54) is 116 Å². The minimum absolute atomic E-state index is 0.0539. The zero-order valence-electron chi connectivity index (χ0n) is 35.9. The minimum atomic E-state index is -0.878. The molecule has 0 aromatic carbocycles. The summed E-state index contributed by atoms with van der Waals surface area (Å²) < 4.78 is 17.2. The summed E-state index contributed by atoms with van der Waals surface area (Å²) in [7, 11) is 5.52. The van der Waals surface area contributed by atoms with E-state index >= 15 is 0 Å². The van der Waals surface area contributed by atoms with E-state index in [-0.39, 0.29) is 36.2 Å². The monoisotopic (exact) mass is 765 g/mol. The number of hydrogen-bond acceptors (Lipinski definition) is 6. The Kier molecular flexibility index (Phi) is 36.2. The number of esters is 2. The van der Waals surface area contributed by atoms with Crippen LogP contribution in [0.1, 0.15) is 200 Å². The number of carboxylic acids is 1. The highest BCUT2D eigenvalue weighted by Crippen LogP contribution is 2.16. The summed E-state index contributed by atoms with van der Waals surface area (Å²) in [4.78, 5) is 36.9. The molecular weight excluding hydrogens is 679 g/mol. The third-order valence-electron chi connectivity index (χ3n) is 10.1. The van der Waals surface area contributed by atoms with Crippen molar-refractivity contribution in [3.05, 3.63) is 24.3 Å². The molecule has 0 amide bonds. The Balaban J connectivity index is 4.25. The van der Waals surface area contributed by atoms with E-state index in [4.69, 9.17) is 14.2 Å². The Morgan fingerprint density at radius 3 is 1.44 bits per heavy atom. The maximum atomic E-state index is 12.7. The Labute approximate surface area is 332 Å². The molecule has 0 aliphatic heterocycles. The number of rotatable bonds is 40. The van der Waals surface area contributed by atoms with Crippen LogP contribution in [0.25, 0.3) is 0 Å². The highest BCUT2D eigenvalue weighted by atomic mass is 16.6. The predicted octanol–water partition coefficient (Wildman–Crippen LogP) is 12.1. The minimum Gasteiger partial charge on any atom is -0.477 e. The van der Waals surface area contributed by atoms with Crippen molar-refractivity contribution in [2.24, 2.45) is 0 Å². The summed E-state index contributed by atoms with van der Waals surface area (Å²) in [5.74, 6) is -1.49. The maximum Gasteiger partial charge on any atom is 0.362 e. The first-order chi connectivity index (χ1) is 26.1. The standard InChI is InChI=1S/C46H85NO7/c1-6-8-10-12-14-16-18-19-20-21-22-23-24-25-27-28-30-32-34-36-44(48)53-41-42(40-52-39-38-43(46(50)51)47(3,4)5)54-45(49)37-35-33-31-29-26-17-15-13-11-9-7-2/h13,15,17,26,42-43H,6-12,14,16,18-25,27-41H2,1-5H3/p+1/b15-13+,26-17+. The van der Waals surface area contributed by atoms with Gasteiger partial charge in [-0.1, -0.05) is 173 Å². The number of aliphatic carboxylic acids is 1. The summed E-state index contributed by atoms with van der Waals surface area (Å²) in [6.07, 6.45) is 40.9. The molecule has 316 valence electrons. The molecule has 0 bridgehead atoms. The van der Waals surface area contributed by atoms with Gasteiger partial charge < -0.3 is 23.8 Å². The van der Waals surface area contributed by atoms with Crippen LogP contribution in [0.3, 0.4) is 0 Å². The largest absolute Gasteiger partial charge is 0.477 e. The third kappa shape index (κ3) is 35.5. The van der Waals surface area contributed by atoms with Crippen molar-refractivity contribution in [1.82, 2.24) is 0 Å². The smallest absolute Gasteiger partial charge is 0.362 e. The summed E-state index contributed by atoms with van der Waals surface area (Å²) in [6, 6.07) is -0.616. The quantitative estimate of drug-likeness (QED) is 0.0287. The molecule has 2 atom stereocenters. The fourth-order valence-electron chi connectivity index (χ4n) is 6.60. The van der Waals surface area contributed by atoms with Gasteiger partial charge in [-0.15, -0.1) is 0 Å². The first-order valence-corrected chi connectivity index (χ1v) is 22.4. The predicted molar refractivity (Wildman–Crippen MR) is 225 cm³/mol. The second-order valence-electron chi connectivity index (χ2n) is 16.3. The highest BCUT2D eigenvalue weighted by molar-refractivity contribution is 5.72. The van der Waals surface area contributed by atoms with Crippen LogP contribution in [0.15, 0.2) is 24.3 Å². The van der Waals surface area contributed by atoms with Crippen molar-refractivity contribution in [2.75, 3.05) is 41.0 Å². The molecule has 2 unspecified atom stereocenters. The number of likely N-dealkylation sites (N-methyl/N-ethyl adjacent to an activating group) is 1. The van der Waals surface area contributed by atoms with Crippen LogP contribution in [0, 0.1) is 0 Å². The molecular formula is C46H86NO7+. The number of carboxylic acid groups (broad SMARTS) is 1. The number of carbonyl (C=O) groups is 3. The molecule has 0 aliphatic rings. The van der Waals surface area contributed by atoms with Crippen LogP contribution in [0.4, 0.5) is 0 Å².